The Bertz CT molecular complexity index is 508. The standard InChI is InChI=1S/C14H22N2O2S.ClH/c1-12(16-10-3-8-15-9-11-16)13-4-6-14(7-5-13)19(2,17)18;/h4-7,12,15H,3,8-11H2,1-2H3;1H. The molecule has 0 aliphatic carbocycles. The normalized spacial score (nSPS) is 18.9. The Balaban J connectivity index is 0.00000200. The molecule has 2 rings (SSSR count). The highest BCUT2D eigenvalue weighted by molar-refractivity contribution is 7.90. The van der Waals surface area contributed by atoms with E-state index in [0.29, 0.717) is 10.9 Å². The first-order valence-corrected chi connectivity index (χ1v) is 8.62. The van der Waals surface area contributed by atoms with E-state index in [1.54, 1.807) is 12.1 Å². The van der Waals surface area contributed by atoms with Crippen LogP contribution in [0.2, 0.25) is 0 Å². The molecule has 1 saturated heterocycles. The Morgan fingerprint density at radius 3 is 2.40 bits per heavy atom. The molecule has 1 atom stereocenters. The second kappa shape index (κ2) is 7.41. The molecular weight excluding hydrogens is 296 g/mol. The van der Waals surface area contributed by atoms with Crippen LogP contribution in [0.3, 0.4) is 0 Å². The van der Waals surface area contributed by atoms with Gasteiger partial charge in [0.25, 0.3) is 0 Å². The molecule has 4 nitrogen and oxygen atoms in total. The van der Waals surface area contributed by atoms with Crippen LogP contribution in [0, 0.1) is 0 Å². The summed E-state index contributed by atoms with van der Waals surface area (Å²) in [5.74, 6) is 0. The number of halogens is 1. The van der Waals surface area contributed by atoms with Crippen LogP contribution in [-0.4, -0.2) is 45.8 Å². The summed E-state index contributed by atoms with van der Waals surface area (Å²) < 4.78 is 22.9. The van der Waals surface area contributed by atoms with E-state index in [1.165, 1.54) is 11.8 Å². The third kappa shape index (κ3) is 4.45. The van der Waals surface area contributed by atoms with Crippen LogP contribution in [0.25, 0.3) is 0 Å². The molecule has 0 saturated carbocycles. The number of nitrogens with zero attached hydrogens (tertiary/aromatic N) is 1. The van der Waals surface area contributed by atoms with Crippen molar-refractivity contribution in [1.29, 1.82) is 0 Å². The van der Waals surface area contributed by atoms with Crippen LogP contribution in [0.1, 0.15) is 24.9 Å². The maximum absolute atomic E-state index is 11.4. The van der Waals surface area contributed by atoms with E-state index >= 15 is 0 Å². The predicted molar refractivity (Wildman–Crippen MR) is 84.3 cm³/mol. The highest BCUT2D eigenvalue weighted by Crippen LogP contribution is 2.22. The summed E-state index contributed by atoms with van der Waals surface area (Å²) in [6.07, 6.45) is 2.40. The second-order valence-corrected chi connectivity index (χ2v) is 7.17. The number of sulfone groups is 1. The van der Waals surface area contributed by atoms with Gasteiger partial charge in [-0.2, -0.15) is 0 Å². The maximum atomic E-state index is 11.4. The summed E-state index contributed by atoms with van der Waals surface area (Å²) in [5, 5.41) is 3.39. The van der Waals surface area contributed by atoms with Crippen LogP contribution in [0.15, 0.2) is 29.2 Å². The first kappa shape index (κ1) is 17.4. The van der Waals surface area contributed by atoms with Crippen molar-refractivity contribution < 1.29 is 8.42 Å². The van der Waals surface area contributed by atoms with Crippen molar-refractivity contribution in [3.8, 4) is 0 Å². The summed E-state index contributed by atoms with van der Waals surface area (Å²) in [6.45, 7) is 6.40. The molecule has 114 valence electrons. The minimum absolute atomic E-state index is 0. The number of hydrogen-bond donors (Lipinski definition) is 1. The molecule has 1 aliphatic rings. The molecule has 0 spiro atoms. The number of hydrogen-bond acceptors (Lipinski definition) is 4. The highest BCUT2D eigenvalue weighted by atomic mass is 35.5. The van der Waals surface area contributed by atoms with Gasteiger partial charge in [-0.05, 0) is 44.1 Å². The summed E-state index contributed by atoms with van der Waals surface area (Å²) in [6, 6.07) is 7.60. The number of nitrogens with one attached hydrogen (secondary N) is 1. The monoisotopic (exact) mass is 318 g/mol. The lowest BCUT2D eigenvalue weighted by atomic mass is 10.1. The summed E-state index contributed by atoms with van der Waals surface area (Å²) in [5.41, 5.74) is 1.18. The average Bonchev–Trinajstić information content (AvgIpc) is 2.66. The maximum Gasteiger partial charge on any atom is 0.175 e. The molecule has 0 bridgehead atoms. The molecule has 0 radical (unpaired) electrons. The van der Waals surface area contributed by atoms with Crippen molar-refractivity contribution in [2.24, 2.45) is 0 Å². The lowest BCUT2D eigenvalue weighted by Crippen LogP contribution is -2.30. The third-order valence-corrected chi connectivity index (χ3v) is 4.84. The van der Waals surface area contributed by atoms with Crippen molar-refractivity contribution >= 4 is 22.2 Å². The molecule has 1 fully saturated rings. The molecule has 0 aromatic heterocycles. The summed E-state index contributed by atoms with van der Waals surface area (Å²) in [7, 11) is -3.10. The van der Waals surface area contributed by atoms with Gasteiger partial charge in [0.15, 0.2) is 9.84 Å². The van der Waals surface area contributed by atoms with Gasteiger partial charge in [0, 0.05) is 25.4 Å². The molecule has 1 aromatic rings. The molecule has 0 amide bonds. The zero-order valence-electron chi connectivity index (χ0n) is 12.0. The van der Waals surface area contributed by atoms with Crippen LogP contribution in [0.5, 0.6) is 0 Å². The molecule has 1 aromatic carbocycles. The van der Waals surface area contributed by atoms with Crippen molar-refractivity contribution in [1.82, 2.24) is 10.2 Å². The fourth-order valence-electron chi connectivity index (χ4n) is 2.46. The second-order valence-electron chi connectivity index (χ2n) is 5.16. The summed E-state index contributed by atoms with van der Waals surface area (Å²) in [4.78, 5) is 2.83. The van der Waals surface area contributed by atoms with E-state index in [9.17, 15) is 8.42 Å². The fraction of sp³-hybridized carbons (Fsp3) is 0.571. The Hall–Kier alpha value is -0.620. The SMILES string of the molecule is CC(c1ccc(S(C)(=O)=O)cc1)N1CCCNCC1.Cl. The van der Waals surface area contributed by atoms with Gasteiger partial charge >= 0.3 is 0 Å². The molecule has 1 N–H and O–H groups in total. The molecular formula is C14H23ClN2O2S. The van der Waals surface area contributed by atoms with Crippen molar-refractivity contribution in [3.05, 3.63) is 29.8 Å². The van der Waals surface area contributed by atoms with Crippen molar-refractivity contribution in [2.75, 3.05) is 32.4 Å². The van der Waals surface area contributed by atoms with Crippen LogP contribution < -0.4 is 5.32 Å². The van der Waals surface area contributed by atoms with Gasteiger partial charge in [-0.25, -0.2) is 8.42 Å². The first-order valence-electron chi connectivity index (χ1n) is 6.73. The van der Waals surface area contributed by atoms with E-state index in [-0.39, 0.29) is 12.4 Å². The largest absolute Gasteiger partial charge is 0.315 e. The van der Waals surface area contributed by atoms with Crippen LogP contribution in [0.4, 0.5) is 0 Å². The van der Waals surface area contributed by atoms with Gasteiger partial charge in [-0.1, -0.05) is 12.1 Å². The van der Waals surface area contributed by atoms with Gasteiger partial charge in [0.1, 0.15) is 0 Å². The predicted octanol–water partition coefficient (Wildman–Crippen LogP) is 1.87. The van der Waals surface area contributed by atoms with Gasteiger partial charge in [0.2, 0.25) is 0 Å². The summed E-state index contributed by atoms with van der Waals surface area (Å²) >= 11 is 0. The first-order chi connectivity index (χ1) is 8.98. The number of benzene rings is 1. The quantitative estimate of drug-likeness (QED) is 0.924. The Morgan fingerprint density at radius 2 is 1.80 bits per heavy atom. The molecule has 20 heavy (non-hydrogen) atoms. The minimum Gasteiger partial charge on any atom is -0.315 e. The zero-order chi connectivity index (χ0) is 13.9. The van der Waals surface area contributed by atoms with Crippen molar-refractivity contribution in [3.63, 3.8) is 0 Å². The average molecular weight is 319 g/mol. The third-order valence-electron chi connectivity index (χ3n) is 3.71. The van der Waals surface area contributed by atoms with Gasteiger partial charge in [-0.15, -0.1) is 12.4 Å². The van der Waals surface area contributed by atoms with Gasteiger partial charge in [0.05, 0.1) is 4.90 Å². The zero-order valence-corrected chi connectivity index (χ0v) is 13.6. The molecule has 1 aliphatic heterocycles. The van der Waals surface area contributed by atoms with Crippen molar-refractivity contribution in [2.45, 2.75) is 24.3 Å². The van der Waals surface area contributed by atoms with E-state index in [4.69, 9.17) is 0 Å². The lowest BCUT2D eigenvalue weighted by molar-refractivity contribution is 0.225. The van der Waals surface area contributed by atoms with Gasteiger partial charge < -0.3 is 5.32 Å². The van der Waals surface area contributed by atoms with E-state index < -0.39 is 9.84 Å². The Kier molecular flexibility index (Phi) is 6.45. The molecule has 1 unspecified atom stereocenters. The lowest BCUT2D eigenvalue weighted by Gasteiger charge is -2.27. The van der Waals surface area contributed by atoms with Crippen LogP contribution in [-0.2, 0) is 9.84 Å². The minimum atomic E-state index is -3.10. The Labute approximate surface area is 127 Å². The topological polar surface area (TPSA) is 49.4 Å². The van der Waals surface area contributed by atoms with Gasteiger partial charge in [-0.3, -0.25) is 4.90 Å². The van der Waals surface area contributed by atoms with E-state index in [2.05, 4.69) is 17.1 Å². The van der Waals surface area contributed by atoms with Crippen LogP contribution >= 0.6 is 12.4 Å². The van der Waals surface area contributed by atoms with E-state index in [1.807, 2.05) is 12.1 Å². The molecule has 6 heteroatoms. The molecule has 1 heterocycles. The van der Waals surface area contributed by atoms with E-state index in [0.717, 1.165) is 32.6 Å². The highest BCUT2D eigenvalue weighted by Gasteiger charge is 2.17. The smallest absolute Gasteiger partial charge is 0.175 e. The Morgan fingerprint density at radius 1 is 1.15 bits per heavy atom. The number of rotatable bonds is 3. The fourth-order valence-corrected chi connectivity index (χ4v) is 3.09.